The minimum absolute atomic E-state index is 0.0703. The highest BCUT2D eigenvalue weighted by atomic mass is 32.2. The minimum Gasteiger partial charge on any atom is -0.497 e. The van der Waals surface area contributed by atoms with Crippen molar-refractivity contribution in [2.24, 2.45) is 5.10 Å². The molecule has 0 atom stereocenters. The lowest BCUT2D eigenvalue weighted by Crippen LogP contribution is -2.13. The first kappa shape index (κ1) is 25.9. The molecule has 0 aliphatic heterocycles. The summed E-state index contributed by atoms with van der Waals surface area (Å²) in [4.78, 5) is 22.9. The number of methoxy groups -OCH3 is 1. The third kappa shape index (κ3) is 6.04. The number of sulfonamides is 1. The molecule has 0 aromatic heterocycles. The number of benzene rings is 3. The minimum atomic E-state index is -4.12. The van der Waals surface area contributed by atoms with Crippen molar-refractivity contribution in [3.8, 4) is 5.75 Å². The Balaban J connectivity index is 1.83. The van der Waals surface area contributed by atoms with E-state index in [1.54, 1.807) is 43.3 Å². The van der Waals surface area contributed by atoms with Gasteiger partial charge in [0.15, 0.2) is 0 Å². The van der Waals surface area contributed by atoms with Crippen LogP contribution < -0.4 is 19.8 Å². The van der Waals surface area contributed by atoms with E-state index in [4.69, 9.17) is 4.74 Å². The van der Waals surface area contributed by atoms with E-state index in [0.29, 0.717) is 17.0 Å². The van der Waals surface area contributed by atoms with Gasteiger partial charge < -0.3 is 9.64 Å². The number of ether oxygens (including phenoxy) is 1. The molecule has 0 saturated heterocycles. The first-order valence-electron chi connectivity index (χ1n) is 10.2. The number of rotatable bonds is 10. The molecule has 0 aliphatic carbocycles. The topological polar surface area (TPSA) is 169 Å². The largest absolute Gasteiger partial charge is 0.497 e. The fourth-order valence-corrected chi connectivity index (χ4v) is 4.20. The van der Waals surface area contributed by atoms with Gasteiger partial charge in [-0.15, -0.1) is 0 Å². The van der Waals surface area contributed by atoms with E-state index >= 15 is 0 Å². The Bertz CT molecular complexity index is 1420. The number of nitro benzene ring substituents is 2. The van der Waals surface area contributed by atoms with Crippen LogP contribution in [-0.2, 0) is 10.0 Å². The summed E-state index contributed by atoms with van der Waals surface area (Å²) >= 11 is 0. The molecule has 3 aromatic rings. The molecule has 188 valence electrons. The van der Waals surface area contributed by atoms with Crippen LogP contribution in [0.2, 0.25) is 0 Å². The van der Waals surface area contributed by atoms with Crippen LogP contribution in [0.4, 0.5) is 28.4 Å². The van der Waals surface area contributed by atoms with E-state index in [-0.39, 0.29) is 22.0 Å². The molecule has 0 unspecified atom stereocenters. The van der Waals surface area contributed by atoms with Gasteiger partial charge in [0, 0.05) is 37.5 Å². The monoisotopic (exact) mass is 514 g/mol. The fraction of sp³-hybridized carbons (Fsp3) is 0.136. The summed E-state index contributed by atoms with van der Waals surface area (Å²) in [6.07, 6.45) is 1.26. The van der Waals surface area contributed by atoms with Gasteiger partial charge in [0.05, 0.1) is 28.1 Å². The molecule has 36 heavy (non-hydrogen) atoms. The van der Waals surface area contributed by atoms with Crippen LogP contribution in [0.25, 0.3) is 0 Å². The quantitative estimate of drug-likeness (QED) is 0.232. The van der Waals surface area contributed by atoms with Crippen LogP contribution in [0.3, 0.4) is 0 Å². The van der Waals surface area contributed by atoms with E-state index < -0.39 is 25.6 Å². The number of hydrogen-bond donors (Lipinski definition) is 2. The molecule has 0 radical (unpaired) electrons. The summed E-state index contributed by atoms with van der Waals surface area (Å²) in [7, 11) is 0.700. The van der Waals surface area contributed by atoms with E-state index in [0.717, 1.165) is 6.07 Å². The number of hydrazone groups is 1. The summed E-state index contributed by atoms with van der Waals surface area (Å²) in [5.41, 5.74) is 2.79. The van der Waals surface area contributed by atoms with Crippen LogP contribution in [0.1, 0.15) is 5.56 Å². The summed E-state index contributed by atoms with van der Waals surface area (Å²) in [6, 6.07) is 13.9. The van der Waals surface area contributed by atoms with E-state index in [9.17, 15) is 28.6 Å². The summed E-state index contributed by atoms with van der Waals surface area (Å²) in [6.45, 7) is 0. The normalized spacial score (nSPS) is 11.2. The van der Waals surface area contributed by atoms with E-state index in [2.05, 4.69) is 15.2 Å². The lowest BCUT2D eigenvalue weighted by molar-refractivity contribution is -0.384. The maximum absolute atomic E-state index is 12.7. The average Bonchev–Trinajstić information content (AvgIpc) is 2.84. The number of anilines is 3. The van der Waals surface area contributed by atoms with Gasteiger partial charge in [0.2, 0.25) is 0 Å². The van der Waals surface area contributed by atoms with Crippen molar-refractivity contribution in [1.29, 1.82) is 0 Å². The molecule has 0 saturated carbocycles. The third-order valence-corrected chi connectivity index (χ3v) is 6.27. The van der Waals surface area contributed by atoms with Gasteiger partial charge in [0.25, 0.3) is 21.4 Å². The van der Waals surface area contributed by atoms with Crippen LogP contribution >= 0.6 is 0 Å². The zero-order valence-corrected chi connectivity index (χ0v) is 20.2. The smallest absolute Gasteiger partial charge is 0.295 e. The van der Waals surface area contributed by atoms with Crippen molar-refractivity contribution in [2.75, 3.05) is 36.3 Å². The number of hydrogen-bond acceptors (Lipinski definition) is 10. The van der Waals surface area contributed by atoms with Gasteiger partial charge >= 0.3 is 0 Å². The third-order valence-electron chi connectivity index (χ3n) is 4.90. The SMILES string of the molecule is COc1ccc(NS(=O)(=O)c2ccc(NN=Cc3ccc(N(C)C)c([N+](=O)[O-])c3)c([N+](=O)[O-])c2)cc1. The molecule has 14 heteroatoms. The molecule has 0 aliphatic rings. The fourth-order valence-electron chi connectivity index (χ4n) is 3.12. The standard InChI is InChI=1S/C22H22N6O7S/c1-26(2)20-11-4-15(12-22(20)28(31)32)14-23-24-19-10-9-18(13-21(19)27(29)30)36(33,34)25-16-5-7-17(35-3)8-6-16/h4-14,24-25H,1-3H3. The zero-order chi connectivity index (χ0) is 26.5. The highest BCUT2D eigenvalue weighted by molar-refractivity contribution is 7.92. The summed E-state index contributed by atoms with van der Waals surface area (Å²) in [5, 5.41) is 26.8. The molecule has 0 bridgehead atoms. The van der Waals surface area contributed by atoms with Gasteiger partial charge in [-0.2, -0.15) is 5.10 Å². The first-order chi connectivity index (χ1) is 17.0. The predicted molar refractivity (Wildman–Crippen MR) is 136 cm³/mol. The van der Waals surface area contributed by atoms with Gasteiger partial charge in [-0.05, 0) is 42.5 Å². The maximum atomic E-state index is 12.7. The molecule has 2 N–H and O–H groups in total. The summed E-state index contributed by atoms with van der Waals surface area (Å²) < 4.78 is 32.8. The highest BCUT2D eigenvalue weighted by Crippen LogP contribution is 2.30. The van der Waals surface area contributed by atoms with Crippen molar-refractivity contribution in [2.45, 2.75) is 4.90 Å². The Kier molecular flexibility index (Phi) is 7.69. The van der Waals surface area contributed by atoms with Gasteiger partial charge in [-0.1, -0.05) is 6.07 Å². The van der Waals surface area contributed by atoms with Crippen LogP contribution in [0, 0.1) is 20.2 Å². The van der Waals surface area contributed by atoms with E-state index in [1.807, 2.05) is 0 Å². The summed E-state index contributed by atoms with van der Waals surface area (Å²) in [5.74, 6) is 0.535. The lowest BCUT2D eigenvalue weighted by atomic mass is 10.2. The van der Waals surface area contributed by atoms with Gasteiger partial charge in [-0.3, -0.25) is 30.4 Å². The number of nitrogens with one attached hydrogen (secondary N) is 2. The molecule has 0 amide bonds. The number of nitrogens with zero attached hydrogens (tertiary/aromatic N) is 4. The molecular weight excluding hydrogens is 492 g/mol. The van der Waals surface area contributed by atoms with Gasteiger partial charge in [-0.25, -0.2) is 8.42 Å². The van der Waals surface area contributed by atoms with Crippen LogP contribution in [0.5, 0.6) is 5.75 Å². The lowest BCUT2D eigenvalue weighted by Gasteiger charge is -2.12. The Morgan fingerprint density at radius 3 is 2.19 bits per heavy atom. The first-order valence-corrected chi connectivity index (χ1v) is 11.7. The predicted octanol–water partition coefficient (Wildman–Crippen LogP) is 3.82. The second kappa shape index (κ2) is 10.7. The second-order valence-corrected chi connectivity index (χ2v) is 9.22. The molecule has 0 spiro atoms. The Hall–Kier alpha value is -4.72. The Morgan fingerprint density at radius 1 is 0.944 bits per heavy atom. The highest BCUT2D eigenvalue weighted by Gasteiger charge is 2.22. The maximum Gasteiger partial charge on any atom is 0.295 e. The van der Waals surface area contributed by atoms with Crippen molar-refractivity contribution >= 4 is 44.7 Å². The van der Waals surface area contributed by atoms with Crippen molar-refractivity contribution < 1.29 is 23.0 Å². The molecule has 3 rings (SSSR count). The van der Waals surface area contributed by atoms with E-state index in [1.165, 1.54) is 43.7 Å². The second-order valence-electron chi connectivity index (χ2n) is 7.54. The van der Waals surface area contributed by atoms with Crippen molar-refractivity contribution in [3.63, 3.8) is 0 Å². The molecule has 3 aromatic carbocycles. The number of nitro groups is 2. The Labute approximate surface area is 206 Å². The zero-order valence-electron chi connectivity index (χ0n) is 19.4. The van der Waals surface area contributed by atoms with Crippen molar-refractivity contribution in [3.05, 3.63) is 86.5 Å². The average molecular weight is 515 g/mol. The van der Waals surface area contributed by atoms with Gasteiger partial charge in [0.1, 0.15) is 17.1 Å². The Morgan fingerprint density at radius 2 is 1.61 bits per heavy atom. The van der Waals surface area contributed by atoms with Crippen molar-refractivity contribution in [1.82, 2.24) is 0 Å². The molecular formula is C22H22N6O7S. The van der Waals surface area contributed by atoms with Crippen LogP contribution in [0.15, 0.2) is 70.7 Å². The molecule has 13 nitrogen and oxygen atoms in total. The van der Waals surface area contributed by atoms with Crippen LogP contribution in [-0.4, -0.2) is 45.7 Å². The molecule has 0 heterocycles. The molecule has 0 fully saturated rings.